The first-order valence-electron chi connectivity index (χ1n) is 9.22. The lowest BCUT2D eigenvalue weighted by molar-refractivity contribution is -0.274. The molecule has 2 N–H and O–H groups in total. The maximum atomic E-state index is 14.1. The molecule has 5 nitrogen and oxygen atoms in total. The van der Waals surface area contributed by atoms with Gasteiger partial charge in [0.2, 0.25) is 0 Å². The van der Waals surface area contributed by atoms with Crippen LogP contribution in [0.1, 0.15) is 15.9 Å². The van der Waals surface area contributed by atoms with E-state index in [1.165, 1.54) is 48.5 Å². The van der Waals surface area contributed by atoms with Crippen LogP contribution in [0.2, 0.25) is 0 Å². The third-order valence-electron chi connectivity index (χ3n) is 4.09. The Morgan fingerprint density at radius 1 is 0.844 bits per heavy atom. The molecule has 0 saturated carbocycles. The molecule has 3 aromatic rings. The minimum Gasteiger partial charge on any atom is -0.404 e. The lowest BCUT2D eigenvalue weighted by Gasteiger charge is -2.15. The average molecular weight is 444 g/mol. The number of nitrogens with one attached hydrogen (secondary N) is 2. The van der Waals surface area contributed by atoms with Gasteiger partial charge in [-0.05, 0) is 36.4 Å². The molecule has 0 unspecified atom stereocenters. The third-order valence-corrected chi connectivity index (χ3v) is 4.09. The summed E-state index contributed by atoms with van der Waals surface area (Å²) >= 11 is 0. The summed E-state index contributed by atoms with van der Waals surface area (Å²) in [4.78, 5) is 25.4. The molecule has 32 heavy (non-hydrogen) atoms. The standard InChI is InChI=1S/C23H16F4N2O3/c24-17-11-5-4-10-16(17)14-19(29-21(30)15-8-2-1-3-9-15)22(31)28-18-12-6-7-13-20(18)32-23(25,26)27/h1-14H,(H,28,31)(H,29,30)/b19-14-. The molecule has 3 rings (SSSR count). The van der Waals surface area contributed by atoms with Crippen LogP contribution in [-0.2, 0) is 4.79 Å². The summed E-state index contributed by atoms with van der Waals surface area (Å²) < 4.78 is 56.0. The van der Waals surface area contributed by atoms with Crippen molar-refractivity contribution in [2.45, 2.75) is 6.36 Å². The molecule has 0 aromatic heterocycles. The monoisotopic (exact) mass is 444 g/mol. The number of para-hydroxylation sites is 2. The van der Waals surface area contributed by atoms with E-state index < -0.39 is 29.7 Å². The summed E-state index contributed by atoms with van der Waals surface area (Å²) in [5.41, 5.74) is -0.458. The number of carbonyl (C=O) groups excluding carboxylic acids is 2. The van der Waals surface area contributed by atoms with Gasteiger partial charge in [0.15, 0.2) is 5.75 Å². The van der Waals surface area contributed by atoms with E-state index in [2.05, 4.69) is 15.4 Å². The van der Waals surface area contributed by atoms with Crippen molar-refractivity contribution in [1.82, 2.24) is 5.32 Å². The molecule has 0 bridgehead atoms. The van der Waals surface area contributed by atoms with Gasteiger partial charge in [-0.3, -0.25) is 9.59 Å². The highest BCUT2D eigenvalue weighted by atomic mass is 19.4. The van der Waals surface area contributed by atoms with Gasteiger partial charge in [-0.25, -0.2) is 4.39 Å². The average Bonchev–Trinajstić information content (AvgIpc) is 2.75. The van der Waals surface area contributed by atoms with Crippen LogP contribution in [-0.4, -0.2) is 18.2 Å². The number of hydrogen-bond acceptors (Lipinski definition) is 3. The quantitative estimate of drug-likeness (QED) is 0.409. The Balaban J connectivity index is 1.93. The van der Waals surface area contributed by atoms with Crippen molar-refractivity contribution >= 4 is 23.6 Å². The highest BCUT2D eigenvalue weighted by Gasteiger charge is 2.32. The maximum absolute atomic E-state index is 14.1. The Morgan fingerprint density at radius 3 is 2.16 bits per heavy atom. The van der Waals surface area contributed by atoms with E-state index in [1.54, 1.807) is 18.2 Å². The van der Waals surface area contributed by atoms with Crippen LogP contribution in [0.25, 0.3) is 6.08 Å². The lowest BCUT2D eigenvalue weighted by Crippen LogP contribution is -2.31. The topological polar surface area (TPSA) is 67.4 Å². The molecular weight excluding hydrogens is 428 g/mol. The van der Waals surface area contributed by atoms with Gasteiger partial charge in [0, 0.05) is 11.1 Å². The van der Waals surface area contributed by atoms with Gasteiger partial charge in [0.1, 0.15) is 11.5 Å². The van der Waals surface area contributed by atoms with E-state index in [1.807, 2.05) is 0 Å². The van der Waals surface area contributed by atoms with Crippen LogP contribution < -0.4 is 15.4 Å². The first-order chi connectivity index (χ1) is 15.2. The predicted octanol–water partition coefficient (Wildman–Crippen LogP) is 5.13. The lowest BCUT2D eigenvalue weighted by atomic mass is 10.1. The van der Waals surface area contributed by atoms with Crippen molar-refractivity contribution in [2.75, 3.05) is 5.32 Å². The Bertz CT molecular complexity index is 1150. The Hall–Kier alpha value is -4.14. The molecule has 9 heteroatoms. The number of amides is 2. The first kappa shape index (κ1) is 22.5. The van der Waals surface area contributed by atoms with E-state index in [0.717, 1.165) is 18.2 Å². The van der Waals surface area contributed by atoms with Crippen LogP contribution in [0.4, 0.5) is 23.2 Å². The molecule has 0 saturated heterocycles. The second-order valence-corrected chi connectivity index (χ2v) is 6.40. The molecule has 0 aliphatic carbocycles. The highest BCUT2D eigenvalue weighted by molar-refractivity contribution is 6.11. The molecule has 0 heterocycles. The Labute approximate surface area is 180 Å². The molecule has 2 amide bonds. The number of hydrogen-bond donors (Lipinski definition) is 2. The van der Waals surface area contributed by atoms with Crippen molar-refractivity contribution in [3.8, 4) is 5.75 Å². The molecule has 0 atom stereocenters. The fraction of sp³-hybridized carbons (Fsp3) is 0.0435. The van der Waals surface area contributed by atoms with Crippen molar-refractivity contribution < 1.29 is 31.9 Å². The molecule has 0 aliphatic rings. The molecule has 164 valence electrons. The molecule has 3 aromatic carbocycles. The van der Waals surface area contributed by atoms with Gasteiger partial charge in [0.05, 0.1) is 5.69 Å². The number of anilines is 1. The maximum Gasteiger partial charge on any atom is 0.573 e. The fourth-order valence-corrected chi connectivity index (χ4v) is 2.66. The SMILES string of the molecule is O=C(Nc1ccccc1OC(F)(F)F)/C(=C/c1ccccc1F)NC(=O)c1ccccc1. The number of alkyl halides is 3. The summed E-state index contributed by atoms with van der Waals surface area (Å²) in [6.07, 6.45) is -3.90. The molecule has 0 fully saturated rings. The zero-order valence-electron chi connectivity index (χ0n) is 16.3. The zero-order chi connectivity index (χ0) is 23.1. The minimum absolute atomic E-state index is 0.00848. The van der Waals surface area contributed by atoms with Gasteiger partial charge < -0.3 is 15.4 Å². The number of carbonyl (C=O) groups is 2. The summed E-state index contributed by atoms with van der Waals surface area (Å²) in [5, 5.41) is 4.64. The van der Waals surface area contributed by atoms with Gasteiger partial charge in [-0.15, -0.1) is 13.2 Å². The largest absolute Gasteiger partial charge is 0.573 e. The normalized spacial score (nSPS) is 11.6. The minimum atomic E-state index is -4.98. The van der Waals surface area contributed by atoms with Crippen molar-refractivity contribution in [3.05, 3.63) is 102 Å². The van der Waals surface area contributed by atoms with E-state index >= 15 is 0 Å². The first-order valence-corrected chi connectivity index (χ1v) is 9.22. The molecule has 0 radical (unpaired) electrons. The molecule has 0 aliphatic heterocycles. The fourth-order valence-electron chi connectivity index (χ4n) is 2.66. The zero-order valence-corrected chi connectivity index (χ0v) is 16.3. The van der Waals surface area contributed by atoms with Crippen LogP contribution >= 0.6 is 0 Å². The van der Waals surface area contributed by atoms with Crippen LogP contribution in [0.5, 0.6) is 5.75 Å². The number of halogens is 4. The van der Waals surface area contributed by atoms with Crippen LogP contribution in [0, 0.1) is 5.82 Å². The number of ether oxygens (including phenoxy) is 1. The van der Waals surface area contributed by atoms with E-state index in [-0.39, 0.29) is 22.5 Å². The van der Waals surface area contributed by atoms with Crippen molar-refractivity contribution in [3.63, 3.8) is 0 Å². The van der Waals surface area contributed by atoms with Gasteiger partial charge in [-0.1, -0.05) is 48.5 Å². The van der Waals surface area contributed by atoms with Crippen molar-refractivity contribution in [2.24, 2.45) is 0 Å². The van der Waals surface area contributed by atoms with Gasteiger partial charge in [0.25, 0.3) is 11.8 Å². The van der Waals surface area contributed by atoms with Crippen LogP contribution in [0.15, 0.2) is 84.6 Å². The molecule has 0 spiro atoms. The third kappa shape index (κ3) is 6.18. The smallest absolute Gasteiger partial charge is 0.404 e. The van der Waals surface area contributed by atoms with E-state index in [4.69, 9.17) is 0 Å². The summed E-state index contributed by atoms with van der Waals surface area (Å²) in [6.45, 7) is 0. The van der Waals surface area contributed by atoms with Gasteiger partial charge in [-0.2, -0.15) is 0 Å². The summed E-state index contributed by atoms with van der Waals surface area (Å²) in [5.74, 6) is -2.94. The number of rotatable bonds is 6. The Kier molecular flexibility index (Phi) is 6.89. The Morgan fingerprint density at radius 2 is 1.47 bits per heavy atom. The van der Waals surface area contributed by atoms with Crippen molar-refractivity contribution in [1.29, 1.82) is 0 Å². The predicted molar refractivity (Wildman–Crippen MR) is 110 cm³/mol. The van der Waals surface area contributed by atoms with E-state index in [9.17, 15) is 27.2 Å². The second kappa shape index (κ2) is 9.78. The van der Waals surface area contributed by atoms with Crippen LogP contribution in [0.3, 0.4) is 0 Å². The summed E-state index contributed by atoms with van der Waals surface area (Å²) in [6, 6.07) is 18.3. The van der Waals surface area contributed by atoms with Gasteiger partial charge >= 0.3 is 6.36 Å². The summed E-state index contributed by atoms with van der Waals surface area (Å²) in [7, 11) is 0. The molecular formula is C23H16F4N2O3. The number of benzene rings is 3. The highest BCUT2D eigenvalue weighted by Crippen LogP contribution is 2.30. The second-order valence-electron chi connectivity index (χ2n) is 6.40. The van der Waals surface area contributed by atoms with E-state index in [0.29, 0.717) is 0 Å².